The first-order valence-corrected chi connectivity index (χ1v) is 7.93. The molecular weight excluding hydrogens is 312 g/mol. The zero-order valence-corrected chi connectivity index (χ0v) is 14.4. The first-order chi connectivity index (χ1) is 12.0. The van der Waals surface area contributed by atoms with Gasteiger partial charge < -0.3 is 5.32 Å². The van der Waals surface area contributed by atoms with Crippen LogP contribution in [0.3, 0.4) is 0 Å². The van der Waals surface area contributed by atoms with E-state index in [1.807, 2.05) is 45.0 Å². The van der Waals surface area contributed by atoms with Crippen molar-refractivity contribution in [2.75, 3.05) is 5.32 Å². The quantitative estimate of drug-likeness (QED) is 0.791. The van der Waals surface area contributed by atoms with Crippen molar-refractivity contribution in [2.24, 2.45) is 0 Å². The molecule has 0 atom stereocenters. The van der Waals surface area contributed by atoms with Gasteiger partial charge in [-0.1, -0.05) is 6.07 Å². The molecule has 0 aliphatic carbocycles. The summed E-state index contributed by atoms with van der Waals surface area (Å²) in [4.78, 5) is 12.5. The Hall–Kier alpha value is -3.39. The molecule has 5 nitrogen and oxygen atoms in total. The lowest BCUT2D eigenvalue weighted by molar-refractivity contribution is 0.102. The lowest BCUT2D eigenvalue weighted by Gasteiger charge is -2.10. The van der Waals surface area contributed by atoms with Gasteiger partial charge in [0.15, 0.2) is 0 Å². The molecule has 0 aliphatic heterocycles. The molecule has 0 spiro atoms. The summed E-state index contributed by atoms with van der Waals surface area (Å²) < 4.78 is 1.73. The van der Waals surface area contributed by atoms with Crippen molar-refractivity contribution in [1.82, 2.24) is 9.78 Å². The van der Waals surface area contributed by atoms with Gasteiger partial charge in [-0.25, -0.2) is 4.68 Å². The second-order valence-electron chi connectivity index (χ2n) is 6.07. The Bertz CT molecular complexity index is 958. The maximum absolute atomic E-state index is 12.5. The minimum atomic E-state index is -0.241. The third kappa shape index (κ3) is 3.59. The molecule has 124 valence electrons. The van der Waals surface area contributed by atoms with Crippen LogP contribution in [0.1, 0.15) is 32.7 Å². The van der Waals surface area contributed by atoms with Crippen LogP contribution >= 0.6 is 0 Å². The Morgan fingerprint density at radius 3 is 2.28 bits per heavy atom. The van der Waals surface area contributed by atoms with Crippen LogP contribution in [0.4, 0.5) is 5.82 Å². The Morgan fingerprint density at radius 2 is 1.68 bits per heavy atom. The van der Waals surface area contributed by atoms with Crippen LogP contribution in [0.5, 0.6) is 0 Å². The lowest BCUT2D eigenvalue weighted by atomic mass is 10.1. The predicted octanol–water partition coefficient (Wildman–Crippen LogP) is 3.92. The topological polar surface area (TPSA) is 70.7 Å². The highest BCUT2D eigenvalue weighted by molar-refractivity contribution is 6.04. The maximum Gasteiger partial charge on any atom is 0.256 e. The van der Waals surface area contributed by atoms with Gasteiger partial charge in [-0.05, 0) is 68.3 Å². The number of carbonyl (C=O) groups excluding carboxylic acids is 1. The van der Waals surface area contributed by atoms with E-state index >= 15 is 0 Å². The number of anilines is 1. The van der Waals surface area contributed by atoms with Crippen molar-refractivity contribution in [1.29, 1.82) is 5.26 Å². The van der Waals surface area contributed by atoms with E-state index in [0.29, 0.717) is 16.9 Å². The summed E-state index contributed by atoms with van der Waals surface area (Å²) in [6, 6.07) is 16.5. The van der Waals surface area contributed by atoms with Crippen LogP contribution in [0.15, 0.2) is 48.5 Å². The summed E-state index contributed by atoms with van der Waals surface area (Å²) >= 11 is 0. The smallest absolute Gasteiger partial charge is 0.256 e. The molecule has 0 unspecified atom stereocenters. The first kappa shape index (κ1) is 16.5. The van der Waals surface area contributed by atoms with Gasteiger partial charge in [-0.3, -0.25) is 4.79 Å². The SMILES string of the molecule is Cc1cc(C)cc(-n2nc(C)cc2NC(=O)c2ccc(C#N)cc2)c1. The van der Waals surface area contributed by atoms with E-state index in [1.165, 1.54) is 0 Å². The Labute approximate surface area is 146 Å². The molecule has 5 heteroatoms. The van der Waals surface area contributed by atoms with E-state index in [9.17, 15) is 4.79 Å². The molecular formula is C20H18N4O. The van der Waals surface area contributed by atoms with Crippen molar-refractivity contribution in [3.05, 3.63) is 76.5 Å². The fraction of sp³-hybridized carbons (Fsp3) is 0.150. The van der Waals surface area contributed by atoms with E-state index in [-0.39, 0.29) is 5.91 Å². The minimum Gasteiger partial charge on any atom is -0.306 e. The number of nitriles is 1. The van der Waals surface area contributed by atoms with E-state index < -0.39 is 0 Å². The summed E-state index contributed by atoms with van der Waals surface area (Å²) in [6.07, 6.45) is 0. The number of rotatable bonds is 3. The molecule has 3 rings (SSSR count). The molecule has 1 N–H and O–H groups in total. The van der Waals surface area contributed by atoms with Gasteiger partial charge >= 0.3 is 0 Å². The van der Waals surface area contributed by atoms with Crippen LogP contribution in [-0.2, 0) is 0 Å². The number of hydrogen-bond acceptors (Lipinski definition) is 3. The number of aromatic nitrogens is 2. The second kappa shape index (κ2) is 6.62. The van der Waals surface area contributed by atoms with Crippen LogP contribution in [-0.4, -0.2) is 15.7 Å². The number of amides is 1. The zero-order valence-electron chi connectivity index (χ0n) is 14.4. The van der Waals surface area contributed by atoms with Gasteiger partial charge in [-0.15, -0.1) is 0 Å². The largest absolute Gasteiger partial charge is 0.306 e. The fourth-order valence-electron chi connectivity index (χ4n) is 2.74. The zero-order chi connectivity index (χ0) is 18.0. The molecule has 1 aromatic heterocycles. The normalized spacial score (nSPS) is 10.3. The van der Waals surface area contributed by atoms with Gasteiger partial charge in [0.25, 0.3) is 5.91 Å². The minimum absolute atomic E-state index is 0.241. The first-order valence-electron chi connectivity index (χ1n) is 7.93. The highest BCUT2D eigenvalue weighted by Gasteiger charge is 2.13. The van der Waals surface area contributed by atoms with Crippen LogP contribution < -0.4 is 5.32 Å². The van der Waals surface area contributed by atoms with E-state index in [2.05, 4.69) is 16.5 Å². The van der Waals surface area contributed by atoms with Crippen molar-refractivity contribution < 1.29 is 4.79 Å². The maximum atomic E-state index is 12.5. The number of nitrogens with zero attached hydrogens (tertiary/aromatic N) is 3. The van der Waals surface area contributed by atoms with Gasteiger partial charge in [0.2, 0.25) is 0 Å². The third-order valence-electron chi connectivity index (χ3n) is 3.80. The summed E-state index contributed by atoms with van der Waals surface area (Å²) in [6.45, 7) is 5.94. The molecule has 2 aromatic carbocycles. The van der Waals surface area contributed by atoms with Gasteiger partial charge in [0.05, 0.1) is 23.0 Å². The summed E-state index contributed by atoms with van der Waals surface area (Å²) in [5, 5.41) is 16.2. The highest BCUT2D eigenvalue weighted by atomic mass is 16.1. The standard InChI is InChI=1S/C20H18N4O/c1-13-8-14(2)10-18(9-13)24-19(11-15(3)23-24)22-20(25)17-6-4-16(12-21)5-7-17/h4-11H,1-3H3,(H,22,25). The Morgan fingerprint density at radius 1 is 1.04 bits per heavy atom. The van der Waals surface area contributed by atoms with Crippen molar-refractivity contribution >= 4 is 11.7 Å². The van der Waals surface area contributed by atoms with Gasteiger partial charge in [0, 0.05) is 11.6 Å². The van der Waals surface area contributed by atoms with Crippen molar-refractivity contribution in [3.63, 3.8) is 0 Å². The molecule has 1 heterocycles. The Balaban J connectivity index is 1.92. The van der Waals surface area contributed by atoms with E-state index in [4.69, 9.17) is 5.26 Å². The van der Waals surface area contributed by atoms with Crippen LogP contribution in [0.25, 0.3) is 5.69 Å². The van der Waals surface area contributed by atoms with Crippen LogP contribution in [0, 0.1) is 32.1 Å². The molecule has 0 saturated carbocycles. The molecule has 0 fully saturated rings. The molecule has 1 amide bonds. The molecule has 0 bridgehead atoms. The average molecular weight is 330 g/mol. The van der Waals surface area contributed by atoms with Gasteiger partial charge in [-0.2, -0.15) is 10.4 Å². The summed E-state index contributed by atoms with van der Waals surface area (Å²) in [5.74, 6) is 0.367. The number of benzene rings is 2. The highest BCUT2D eigenvalue weighted by Crippen LogP contribution is 2.20. The summed E-state index contributed by atoms with van der Waals surface area (Å²) in [5.41, 5.74) is 4.99. The Kier molecular flexibility index (Phi) is 4.36. The number of carbonyl (C=O) groups is 1. The number of nitrogens with one attached hydrogen (secondary N) is 1. The summed E-state index contributed by atoms with van der Waals surface area (Å²) in [7, 11) is 0. The van der Waals surface area contributed by atoms with Crippen LogP contribution in [0.2, 0.25) is 0 Å². The monoisotopic (exact) mass is 330 g/mol. The average Bonchev–Trinajstić information content (AvgIpc) is 2.94. The molecule has 25 heavy (non-hydrogen) atoms. The van der Waals surface area contributed by atoms with E-state index in [0.717, 1.165) is 22.5 Å². The van der Waals surface area contributed by atoms with Crippen molar-refractivity contribution in [2.45, 2.75) is 20.8 Å². The lowest BCUT2D eigenvalue weighted by Crippen LogP contribution is -2.15. The fourth-order valence-corrected chi connectivity index (χ4v) is 2.74. The van der Waals surface area contributed by atoms with E-state index in [1.54, 1.807) is 28.9 Å². The number of aryl methyl sites for hydroxylation is 3. The third-order valence-corrected chi connectivity index (χ3v) is 3.80. The predicted molar refractivity (Wildman–Crippen MR) is 96.9 cm³/mol. The molecule has 0 aliphatic rings. The van der Waals surface area contributed by atoms with Crippen molar-refractivity contribution in [3.8, 4) is 11.8 Å². The number of hydrogen-bond donors (Lipinski definition) is 1. The molecule has 0 saturated heterocycles. The molecule has 3 aromatic rings. The molecule has 0 radical (unpaired) electrons. The van der Waals surface area contributed by atoms with Gasteiger partial charge in [0.1, 0.15) is 5.82 Å². The second-order valence-corrected chi connectivity index (χ2v) is 6.07.